The molecule has 1 N–H and O–H groups in total. The Kier molecular flexibility index (Phi) is 2.45. The summed E-state index contributed by atoms with van der Waals surface area (Å²) in [7, 11) is 0. The number of aromatic carboxylic acids is 1. The minimum Gasteiger partial charge on any atom is -0.478 e. The fraction of sp³-hybridized carbons (Fsp3) is 0.100. The number of pyridine rings is 1. The van der Waals surface area contributed by atoms with Gasteiger partial charge in [-0.25, -0.2) is 4.79 Å². The van der Waals surface area contributed by atoms with E-state index in [4.69, 9.17) is 5.11 Å². The molecule has 0 aliphatic carbocycles. The van der Waals surface area contributed by atoms with Crippen molar-refractivity contribution in [2.24, 2.45) is 0 Å². The van der Waals surface area contributed by atoms with Crippen molar-refractivity contribution in [3.05, 3.63) is 48.0 Å². The van der Waals surface area contributed by atoms with Crippen LogP contribution in [0.4, 0.5) is 0 Å². The van der Waals surface area contributed by atoms with Crippen molar-refractivity contribution < 1.29 is 9.90 Å². The first-order valence-electron chi connectivity index (χ1n) is 4.41. The zero-order valence-electron chi connectivity index (χ0n) is 7.87. The lowest BCUT2D eigenvalue weighted by Gasteiger charge is -2.01. The van der Waals surface area contributed by atoms with E-state index in [-0.39, 0.29) is 5.56 Å². The molecule has 0 saturated carbocycles. The van der Waals surface area contributed by atoms with Crippen molar-refractivity contribution >= 4 is 5.97 Å². The second-order valence-electron chi connectivity index (χ2n) is 3.05. The third kappa shape index (κ3) is 2.19. The maximum Gasteiger partial charge on any atom is 0.337 e. The van der Waals surface area contributed by atoms with Gasteiger partial charge in [0.1, 0.15) is 0 Å². The molecule has 0 aliphatic heterocycles. The van der Waals surface area contributed by atoms with Crippen LogP contribution in [-0.4, -0.2) is 25.8 Å². The molecule has 5 nitrogen and oxygen atoms in total. The Balaban J connectivity index is 2.14. The third-order valence-electron chi connectivity index (χ3n) is 1.95. The van der Waals surface area contributed by atoms with Gasteiger partial charge < -0.3 is 5.11 Å². The topological polar surface area (TPSA) is 68.0 Å². The molecular formula is C10H9N3O2. The summed E-state index contributed by atoms with van der Waals surface area (Å²) in [4.78, 5) is 14.6. The summed E-state index contributed by atoms with van der Waals surface area (Å²) in [6, 6.07) is 5.05. The zero-order chi connectivity index (χ0) is 10.7. The van der Waals surface area contributed by atoms with E-state index in [1.807, 2.05) is 12.3 Å². The first kappa shape index (κ1) is 9.39. The lowest BCUT2D eigenvalue weighted by molar-refractivity contribution is 0.0696. The van der Waals surface area contributed by atoms with Crippen molar-refractivity contribution in [2.75, 3.05) is 0 Å². The summed E-state index contributed by atoms with van der Waals surface area (Å²) in [5.74, 6) is -0.965. The monoisotopic (exact) mass is 203 g/mol. The highest BCUT2D eigenvalue weighted by molar-refractivity contribution is 5.87. The van der Waals surface area contributed by atoms with E-state index < -0.39 is 5.97 Å². The summed E-state index contributed by atoms with van der Waals surface area (Å²) < 4.78 is 1.72. The Morgan fingerprint density at radius 2 is 2.33 bits per heavy atom. The molecule has 2 aromatic rings. The highest BCUT2D eigenvalue weighted by Gasteiger charge is 2.03. The molecule has 15 heavy (non-hydrogen) atoms. The van der Waals surface area contributed by atoms with Gasteiger partial charge in [0.15, 0.2) is 0 Å². The van der Waals surface area contributed by atoms with Gasteiger partial charge in [0.05, 0.1) is 17.8 Å². The lowest BCUT2D eigenvalue weighted by Crippen LogP contribution is -2.03. The number of rotatable bonds is 3. The van der Waals surface area contributed by atoms with E-state index in [9.17, 15) is 4.79 Å². The van der Waals surface area contributed by atoms with Gasteiger partial charge in [-0.05, 0) is 18.2 Å². The molecule has 5 heteroatoms. The SMILES string of the molecule is O=C(O)c1ccc(Cn2cccn2)nc1. The van der Waals surface area contributed by atoms with Gasteiger partial charge >= 0.3 is 5.97 Å². The largest absolute Gasteiger partial charge is 0.478 e. The number of aromatic nitrogens is 3. The summed E-state index contributed by atoms with van der Waals surface area (Å²) in [6.07, 6.45) is 4.86. The fourth-order valence-electron chi connectivity index (χ4n) is 1.20. The van der Waals surface area contributed by atoms with Gasteiger partial charge in [0, 0.05) is 18.6 Å². The van der Waals surface area contributed by atoms with Crippen molar-refractivity contribution in [1.82, 2.24) is 14.8 Å². The van der Waals surface area contributed by atoms with E-state index in [1.165, 1.54) is 12.3 Å². The van der Waals surface area contributed by atoms with Gasteiger partial charge in [0.25, 0.3) is 0 Å². The van der Waals surface area contributed by atoms with Crippen LogP contribution in [0.2, 0.25) is 0 Å². The Morgan fingerprint density at radius 1 is 1.47 bits per heavy atom. The molecule has 0 fully saturated rings. The van der Waals surface area contributed by atoms with Crippen molar-refractivity contribution in [2.45, 2.75) is 6.54 Å². The first-order chi connectivity index (χ1) is 7.25. The number of hydrogen-bond donors (Lipinski definition) is 1. The molecule has 0 atom stereocenters. The van der Waals surface area contributed by atoms with Gasteiger partial charge in [0.2, 0.25) is 0 Å². The van der Waals surface area contributed by atoms with Crippen LogP contribution < -0.4 is 0 Å². The Hall–Kier alpha value is -2.17. The molecule has 0 radical (unpaired) electrons. The average Bonchev–Trinajstić information content (AvgIpc) is 2.71. The minimum atomic E-state index is -0.965. The molecule has 0 saturated heterocycles. The smallest absolute Gasteiger partial charge is 0.337 e. The Morgan fingerprint density at radius 3 is 2.87 bits per heavy atom. The molecule has 2 rings (SSSR count). The Bertz CT molecular complexity index is 448. The van der Waals surface area contributed by atoms with Gasteiger partial charge in [-0.1, -0.05) is 0 Å². The third-order valence-corrected chi connectivity index (χ3v) is 1.95. The van der Waals surface area contributed by atoms with E-state index in [1.54, 1.807) is 16.9 Å². The molecule has 0 aliphatic rings. The molecule has 0 spiro atoms. The number of carbonyl (C=O) groups is 1. The number of nitrogens with zero attached hydrogens (tertiary/aromatic N) is 3. The van der Waals surface area contributed by atoms with Gasteiger partial charge in [-0.15, -0.1) is 0 Å². The van der Waals surface area contributed by atoms with Crippen LogP contribution >= 0.6 is 0 Å². The number of carboxylic acids is 1. The maximum atomic E-state index is 10.6. The van der Waals surface area contributed by atoms with Crippen LogP contribution in [0.3, 0.4) is 0 Å². The summed E-state index contributed by atoms with van der Waals surface area (Å²) >= 11 is 0. The maximum absolute atomic E-state index is 10.6. The number of hydrogen-bond acceptors (Lipinski definition) is 3. The molecule has 0 unspecified atom stereocenters. The van der Waals surface area contributed by atoms with E-state index >= 15 is 0 Å². The average molecular weight is 203 g/mol. The highest BCUT2D eigenvalue weighted by Crippen LogP contribution is 2.01. The second kappa shape index (κ2) is 3.91. The summed E-state index contributed by atoms with van der Waals surface area (Å²) in [5.41, 5.74) is 0.975. The summed E-state index contributed by atoms with van der Waals surface area (Å²) in [6.45, 7) is 0.549. The van der Waals surface area contributed by atoms with Gasteiger partial charge in [-0.3, -0.25) is 9.67 Å². The quantitative estimate of drug-likeness (QED) is 0.808. The number of carboxylic acid groups (broad SMARTS) is 1. The normalized spacial score (nSPS) is 10.1. The molecule has 0 amide bonds. The lowest BCUT2D eigenvalue weighted by atomic mass is 10.2. The molecular weight excluding hydrogens is 194 g/mol. The predicted octanol–water partition coefficient (Wildman–Crippen LogP) is 1.02. The van der Waals surface area contributed by atoms with Crippen LogP contribution in [0.15, 0.2) is 36.8 Å². The molecule has 76 valence electrons. The van der Waals surface area contributed by atoms with Crippen LogP contribution in [0.1, 0.15) is 16.1 Å². The predicted molar refractivity (Wildman–Crippen MR) is 52.5 cm³/mol. The van der Waals surface area contributed by atoms with Crippen molar-refractivity contribution in [3.63, 3.8) is 0 Å². The van der Waals surface area contributed by atoms with E-state index in [0.29, 0.717) is 6.54 Å². The van der Waals surface area contributed by atoms with E-state index in [0.717, 1.165) is 5.69 Å². The molecule has 2 heterocycles. The van der Waals surface area contributed by atoms with Crippen LogP contribution in [-0.2, 0) is 6.54 Å². The van der Waals surface area contributed by atoms with Crippen molar-refractivity contribution in [1.29, 1.82) is 0 Å². The van der Waals surface area contributed by atoms with Crippen LogP contribution in [0.25, 0.3) is 0 Å². The zero-order valence-corrected chi connectivity index (χ0v) is 7.87. The molecule has 0 bridgehead atoms. The van der Waals surface area contributed by atoms with Crippen LogP contribution in [0.5, 0.6) is 0 Å². The van der Waals surface area contributed by atoms with E-state index in [2.05, 4.69) is 10.1 Å². The molecule has 2 aromatic heterocycles. The second-order valence-corrected chi connectivity index (χ2v) is 3.05. The Labute approximate surface area is 86.0 Å². The van der Waals surface area contributed by atoms with Crippen molar-refractivity contribution in [3.8, 4) is 0 Å². The van der Waals surface area contributed by atoms with Gasteiger partial charge in [-0.2, -0.15) is 5.10 Å². The fourth-order valence-corrected chi connectivity index (χ4v) is 1.20. The standard InChI is InChI=1S/C10H9N3O2/c14-10(15)8-2-3-9(11-6-8)7-13-5-1-4-12-13/h1-6H,7H2,(H,14,15). The minimum absolute atomic E-state index is 0.194. The van der Waals surface area contributed by atoms with Crippen LogP contribution in [0, 0.1) is 0 Å². The highest BCUT2D eigenvalue weighted by atomic mass is 16.4. The summed E-state index contributed by atoms with van der Waals surface area (Å²) in [5, 5.41) is 12.7. The first-order valence-corrected chi connectivity index (χ1v) is 4.41. The molecule has 0 aromatic carbocycles.